The summed E-state index contributed by atoms with van der Waals surface area (Å²) in [6, 6.07) is 14.7. The quantitative estimate of drug-likeness (QED) is 0.404. The van der Waals surface area contributed by atoms with Crippen LogP contribution in [-0.2, 0) is 0 Å². The van der Waals surface area contributed by atoms with Gasteiger partial charge in [-0.05, 0) is 43.7 Å². The van der Waals surface area contributed by atoms with Crippen molar-refractivity contribution in [3.63, 3.8) is 0 Å². The molecule has 2 aromatic heterocycles. The molecule has 0 saturated heterocycles. The Hall–Kier alpha value is -4.20. The standard InChI is InChI=1S/C22H17N3O5/c1-12-7-8-14(17(11-12)25(28)29)18-9-10-19(30-18)22(27)24-13(2)20(21(23)26)15-5-3-4-6-16(15)24/h3-11H,1-2H3,(H2,23,26). The number of nitrogens with zero attached hydrogens (tertiary/aromatic N) is 2. The van der Waals surface area contributed by atoms with Crippen LogP contribution >= 0.6 is 0 Å². The molecule has 2 N–H and O–H groups in total. The van der Waals surface area contributed by atoms with Crippen LogP contribution in [-0.4, -0.2) is 21.3 Å². The first kappa shape index (κ1) is 19.1. The zero-order chi connectivity index (χ0) is 21.6. The number of amides is 1. The Labute approximate surface area is 170 Å². The zero-order valence-corrected chi connectivity index (χ0v) is 16.2. The van der Waals surface area contributed by atoms with Gasteiger partial charge in [0.25, 0.3) is 17.5 Å². The number of fused-ring (bicyclic) bond motifs is 1. The number of hydrogen-bond donors (Lipinski definition) is 1. The van der Waals surface area contributed by atoms with Crippen molar-refractivity contribution in [2.75, 3.05) is 0 Å². The number of carbonyl (C=O) groups is 2. The molecule has 0 fully saturated rings. The molecule has 8 nitrogen and oxygen atoms in total. The molecule has 4 rings (SSSR count). The molecule has 1 amide bonds. The second kappa shape index (κ2) is 7.00. The fourth-order valence-corrected chi connectivity index (χ4v) is 3.65. The van der Waals surface area contributed by atoms with Crippen molar-refractivity contribution in [2.45, 2.75) is 13.8 Å². The highest BCUT2D eigenvalue weighted by atomic mass is 16.6. The molecule has 0 unspecified atom stereocenters. The fraction of sp³-hybridized carbons (Fsp3) is 0.0909. The van der Waals surface area contributed by atoms with Gasteiger partial charge in [-0.15, -0.1) is 0 Å². The van der Waals surface area contributed by atoms with Gasteiger partial charge in [0.2, 0.25) is 0 Å². The molecule has 150 valence electrons. The van der Waals surface area contributed by atoms with Crippen molar-refractivity contribution in [3.8, 4) is 11.3 Å². The van der Waals surface area contributed by atoms with Gasteiger partial charge in [0.15, 0.2) is 5.76 Å². The van der Waals surface area contributed by atoms with Crippen molar-refractivity contribution in [1.82, 2.24) is 4.57 Å². The average molecular weight is 403 g/mol. The van der Waals surface area contributed by atoms with Crippen LogP contribution in [0.25, 0.3) is 22.2 Å². The molecule has 0 spiro atoms. The third-order valence-corrected chi connectivity index (χ3v) is 4.99. The Kier molecular flexibility index (Phi) is 4.46. The van der Waals surface area contributed by atoms with Gasteiger partial charge < -0.3 is 10.2 Å². The van der Waals surface area contributed by atoms with Crippen LogP contribution in [0, 0.1) is 24.0 Å². The lowest BCUT2D eigenvalue weighted by Gasteiger charge is -2.05. The summed E-state index contributed by atoms with van der Waals surface area (Å²) in [6.07, 6.45) is 0. The lowest BCUT2D eigenvalue weighted by molar-refractivity contribution is -0.384. The third kappa shape index (κ3) is 2.95. The monoisotopic (exact) mass is 403 g/mol. The van der Waals surface area contributed by atoms with Crippen molar-refractivity contribution in [1.29, 1.82) is 0 Å². The van der Waals surface area contributed by atoms with E-state index in [0.717, 1.165) is 5.56 Å². The minimum absolute atomic E-state index is 0.0141. The lowest BCUT2D eigenvalue weighted by atomic mass is 10.1. The first-order valence-corrected chi connectivity index (χ1v) is 9.09. The van der Waals surface area contributed by atoms with Crippen molar-refractivity contribution >= 4 is 28.4 Å². The van der Waals surface area contributed by atoms with E-state index in [1.807, 2.05) is 0 Å². The molecule has 30 heavy (non-hydrogen) atoms. The Balaban J connectivity index is 1.83. The number of primary amides is 1. The summed E-state index contributed by atoms with van der Waals surface area (Å²) in [7, 11) is 0. The van der Waals surface area contributed by atoms with Gasteiger partial charge in [0.1, 0.15) is 5.76 Å². The molecule has 0 aliphatic heterocycles. The molecular formula is C22H17N3O5. The SMILES string of the molecule is Cc1ccc(-c2ccc(C(=O)n3c(C)c(C(N)=O)c4ccccc43)o2)c([N+](=O)[O-])c1. The number of aromatic nitrogens is 1. The molecule has 8 heteroatoms. The van der Waals surface area contributed by atoms with E-state index in [1.54, 1.807) is 50.2 Å². The Morgan fingerprint density at radius 2 is 1.80 bits per heavy atom. The number of nitrogens with two attached hydrogens (primary N) is 1. The Morgan fingerprint density at radius 3 is 2.50 bits per heavy atom. The minimum Gasteiger partial charge on any atom is -0.451 e. The molecular weight excluding hydrogens is 386 g/mol. The number of hydrogen-bond acceptors (Lipinski definition) is 5. The number of aryl methyl sites for hydroxylation is 1. The van der Waals surface area contributed by atoms with Crippen LogP contribution in [0.15, 0.2) is 59.0 Å². The summed E-state index contributed by atoms with van der Waals surface area (Å²) in [5.41, 5.74) is 7.60. The van der Waals surface area contributed by atoms with Gasteiger partial charge >= 0.3 is 0 Å². The van der Waals surface area contributed by atoms with Crippen molar-refractivity contribution in [3.05, 3.63) is 87.3 Å². The molecule has 4 aromatic rings. The van der Waals surface area contributed by atoms with E-state index in [9.17, 15) is 19.7 Å². The summed E-state index contributed by atoms with van der Waals surface area (Å²) >= 11 is 0. The minimum atomic E-state index is -0.634. The van der Waals surface area contributed by atoms with Crippen LogP contribution < -0.4 is 5.73 Å². The summed E-state index contributed by atoms with van der Waals surface area (Å²) < 4.78 is 7.06. The van der Waals surface area contributed by atoms with E-state index in [1.165, 1.54) is 22.8 Å². The Morgan fingerprint density at radius 1 is 1.07 bits per heavy atom. The summed E-state index contributed by atoms with van der Waals surface area (Å²) in [5, 5.41) is 12.0. The van der Waals surface area contributed by atoms with Gasteiger partial charge in [-0.25, -0.2) is 0 Å². The predicted octanol–water partition coefficient (Wildman–Crippen LogP) is 4.21. The van der Waals surface area contributed by atoms with Crippen LogP contribution in [0.1, 0.15) is 32.2 Å². The molecule has 0 radical (unpaired) electrons. The van der Waals surface area contributed by atoms with Crippen LogP contribution in [0.5, 0.6) is 0 Å². The summed E-state index contributed by atoms with van der Waals surface area (Å²) in [4.78, 5) is 36.1. The average Bonchev–Trinajstić information content (AvgIpc) is 3.29. The number of nitro benzene ring substituents is 1. The first-order valence-electron chi connectivity index (χ1n) is 9.09. The molecule has 0 aliphatic rings. The summed E-state index contributed by atoms with van der Waals surface area (Å²) in [6.45, 7) is 3.39. The maximum Gasteiger partial charge on any atom is 0.298 e. The fourth-order valence-electron chi connectivity index (χ4n) is 3.65. The molecule has 0 saturated carbocycles. The molecule has 0 atom stereocenters. The second-order valence-corrected chi connectivity index (χ2v) is 6.92. The van der Waals surface area contributed by atoms with Crippen LogP contribution in [0.2, 0.25) is 0 Å². The van der Waals surface area contributed by atoms with Gasteiger partial charge in [0, 0.05) is 17.1 Å². The van der Waals surface area contributed by atoms with E-state index in [0.29, 0.717) is 16.6 Å². The van der Waals surface area contributed by atoms with Crippen molar-refractivity contribution in [2.24, 2.45) is 5.73 Å². The van der Waals surface area contributed by atoms with Crippen molar-refractivity contribution < 1.29 is 18.9 Å². The molecule has 0 aliphatic carbocycles. The highest BCUT2D eigenvalue weighted by Gasteiger charge is 2.25. The first-order chi connectivity index (χ1) is 14.3. The normalized spacial score (nSPS) is 11.0. The topological polar surface area (TPSA) is 121 Å². The van der Waals surface area contributed by atoms with Gasteiger partial charge in [-0.1, -0.05) is 24.3 Å². The van der Waals surface area contributed by atoms with Crippen LogP contribution in [0.4, 0.5) is 5.69 Å². The number of nitro groups is 1. The summed E-state index contributed by atoms with van der Waals surface area (Å²) in [5.74, 6) is -0.947. The number of furan rings is 1. The number of para-hydroxylation sites is 1. The number of carbonyl (C=O) groups excluding carboxylic acids is 2. The molecule has 0 bridgehead atoms. The number of benzene rings is 2. The van der Waals surface area contributed by atoms with E-state index in [4.69, 9.17) is 10.2 Å². The second-order valence-electron chi connectivity index (χ2n) is 6.92. The largest absolute Gasteiger partial charge is 0.451 e. The lowest BCUT2D eigenvalue weighted by Crippen LogP contribution is -2.16. The van der Waals surface area contributed by atoms with E-state index >= 15 is 0 Å². The highest BCUT2D eigenvalue weighted by Crippen LogP contribution is 2.33. The van der Waals surface area contributed by atoms with Gasteiger partial charge in [0.05, 0.1) is 21.6 Å². The van der Waals surface area contributed by atoms with Gasteiger partial charge in [-0.2, -0.15) is 0 Å². The van der Waals surface area contributed by atoms with E-state index in [-0.39, 0.29) is 28.3 Å². The molecule has 2 aromatic carbocycles. The molecule has 2 heterocycles. The zero-order valence-electron chi connectivity index (χ0n) is 16.2. The van der Waals surface area contributed by atoms with E-state index in [2.05, 4.69) is 0 Å². The Bertz CT molecular complexity index is 1350. The van der Waals surface area contributed by atoms with Gasteiger partial charge in [-0.3, -0.25) is 24.3 Å². The maximum absolute atomic E-state index is 13.2. The van der Waals surface area contributed by atoms with E-state index < -0.39 is 16.7 Å². The highest BCUT2D eigenvalue weighted by molar-refractivity contribution is 6.12. The van der Waals surface area contributed by atoms with Crippen LogP contribution in [0.3, 0.4) is 0 Å². The smallest absolute Gasteiger partial charge is 0.298 e. The predicted molar refractivity (Wildman–Crippen MR) is 110 cm³/mol. The maximum atomic E-state index is 13.2. The number of rotatable bonds is 4. The third-order valence-electron chi connectivity index (χ3n) is 4.99.